The fourth-order valence-corrected chi connectivity index (χ4v) is 7.74. The number of methoxy groups -OCH3 is 2. The minimum atomic E-state index is -1.43. The first-order valence-electron chi connectivity index (χ1n) is 19.7. The Hall–Kier alpha value is -5.33. The number of benzene rings is 4. The molecule has 11 nitrogen and oxygen atoms in total. The number of nitrogens with zero attached hydrogens (tertiary/aromatic N) is 2. The van der Waals surface area contributed by atoms with Gasteiger partial charge in [0.25, 0.3) is 5.91 Å². The van der Waals surface area contributed by atoms with Crippen molar-refractivity contribution >= 4 is 11.7 Å². The molecule has 3 N–H and O–H groups in total. The second-order valence-electron chi connectivity index (χ2n) is 14.3. The van der Waals surface area contributed by atoms with Crippen LogP contribution in [0.15, 0.2) is 126 Å². The van der Waals surface area contributed by atoms with Gasteiger partial charge in [-0.05, 0) is 65.6 Å². The fourth-order valence-electron chi connectivity index (χ4n) is 7.74. The molecule has 57 heavy (non-hydrogen) atoms. The van der Waals surface area contributed by atoms with Crippen molar-refractivity contribution in [3.63, 3.8) is 0 Å². The first kappa shape index (κ1) is 41.3. The Kier molecular flexibility index (Phi) is 14.3. The predicted octanol–water partition coefficient (Wildman–Crippen LogP) is 7.30. The molecule has 1 unspecified atom stereocenters. The van der Waals surface area contributed by atoms with Crippen LogP contribution in [-0.2, 0) is 14.9 Å². The van der Waals surface area contributed by atoms with E-state index >= 15 is 0 Å². The molecule has 0 bridgehead atoms. The van der Waals surface area contributed by atoms with Crippen LogP contribution in [0.4, 0.5) is 5.82 Å². The summed E-state index contributed by atoms with van der Waals surface area (Å²) in [5.74, 6) is 0.914. The molecule has 1 aliphatic rings. The number of rotatable bonds is 19. The van der Waals surface area contributed by atoms with Crippen molar-refractivity contribution in [3.8, 4) is 11.5 Å². The molecular weight excluding hydrogens is 723 g/mol. The van der Waals surface area contributed by atoms with Crippen molar-refractivity contribution in [3.05, 3.63) is 154 Å². The zero-order chi connectivity index (χ0) is 40.2. The predicted molar refractivity (Wildman–Crippen MR) is 219 cm³/mol. The molecule has 5 aromatic rings. The van der Waals surface area contributed by atoms with Gasteiger partial charge in [-0.1, -0.05) is 118 Å². The second kappa shape index (κ2) is 19.7. The van der Waals surface area contributed by atoms with Crippen molar-refractivity contribution in [2.45, 2.75) is 87.9 Å². The maximum atomic E-state index is 13.8. The molecule has 0 spiro atoms. The van der Waals surface area contributed by atoms with E-state index in [9.17, 15) is 19.8 Å². The summed E-state index contributed by atoms with van der Waals surface area (Å²) in [4.78, 5) is 30.8. The molecule has 2 heterocycles. The average molecular weight is 776 g/mol. The maximum Gasteiger partial charge on any atom is 0.351 e. The molecule has 1 aromatic heterocycles. The Labute approximate surface area is 334 Å². The van der Waals surface area contributed by atoms with Crippen molar-refractivity contribution < 1.29 is 34.0 Å². The molecule has 1 amide bonds. The minimum absolute atomic E-state index is 0.0582. The smallest absolute Gasteiger partial charge is 0.351 e. The number of ether oxygens (including phenoxy) is 4. The highest BCUT2D eigenvalue weighted by Gasteiger charge is 2.56. The fraction of sp³-hybridized carbons (Fsp3) is 0.370. The Morgan fingerprint density at radius 2 is 1.33 bits per heavy atom. The number of carbonyl (C=O) groups is 1. The maximum absolute atomic E-state index is 13.8. The molecule has 11 heteroatoms. The summed E-state index contributed by atoms with van der Waals surface area (Å²) >= 11 is 0. The van der Waals surface area contributed by atoms with E-state index in [0.29, 0.717) is 34.8 Å². The molecule has 0 saturated carbocycles. The van der Waals surface area contributed by atoms with Crippen LogP contribution in [0.5, 0.6) is 11.5 Å². The van der Waals surface area contributed by atoms with E-state index in [1.165, 1.54) is 36.1 Å². The van der Waals surface area contributed by atoms with E-state index in [4.69, 9.17) is 18.9 Å². The van der Waals surface area contributed by atoms with Crippen LogP contribution in [0.1, 0.15) is 85.1 Å². The zero-order valence-corrected chi connectivity index (χ0v) is 32.8. The Bertz CT molecular complexity index is 2010. The summed E-state index contributed by atoms with van der Waals surface area (Å²) in [5.41, 5.74) is 0.547. The van der Waals surface area contributed by atoms with Gasteiger partial charge < -0.3 is 34.5 Å². The van der Waals surface area contributed by atoms with Gasteiger partial charge in [0.05, 0.1) is 19.6 Å². The normalized spacial score (nSPS) is 18.5. The van der Waals surface area contributed by atoms with E-state index in [0.717, 1.165) is 31.2 Å². The molecule has 0 aliphatic carbocycles. The topological polar surface area (TPSA) is 141 Å². The molecule has 300 valence electrons. The Morgan fingerprint density at radius 3 is 1.89 bits per heavy atom. The molecule has 0 radical (unpaired) electrons. The van der Waals surface area contributed by atoms with Crippen LogP contribution in [0.25, 0.3) is 0 Å². The van der Waals surface area contributed by atoms with Crippen LogP contribution in [0.2, 0.25) is 0 Å². The number of carbonyl (C=O) groups excluding carboxylic acids is 1. The van der Waals surface area contributed by atoms with Gasteiger partial charge in [-0.2, -0.15) is 4.98 Å². The Morgan fingerprint density at radius 1 is 0.789 bits per heavy atom. The van der Waals surface area contributed by atoms with E-state index in [-0.39, 0.29) is 5.82 Å². The van der Waals surface area contributed by atoms with E-state index < -0.39 is 47.7 Å². The SMILES string of the molecule is CCCCCCCCCO[C@@H]1[C@H](O)[C@@H](C(O)C(c2ccccc2)(c2ccc(OC)cc2)c2ccc(OC)cc2)O[C@H]1n1ccc(NC(=O)c2ccccc2)nc1=O. The van der Waals surface area contributed by atoms with Crippen LogP contribution >= 0.6 is 0 Å². The number of anilines is 1. The monoisotopic (exact) mass is 775 g/mol. The Balaban J connectivity index is 1.38. The standard InChI is InChI=1S/C46H53N3O8/c1-4-5-6-7-8-9-16-31-56-41-39(50)40(57-44(41)49-30-29-38(48-45(49)53)47-43(52)32-17-12-10-13-18-32)42(51)46(33-19-14-11-15-20-33,34-21-25-36(54-2)26-22-34)35-23-27-37(55-3)28-24-35/h10-15,17-30,39-42,44,50-51H,4-9,16,31H2,1-3H3,(H,47,48,52,53)/t39-,40+,41-,42?,44-/m1/s1. The molecule has 5 atom stereocenters. The number of hydrogen-bond donors (Lipinski definition) is 3. The highest BCUT2D eigenvalue weighted by atomic mass is 16.6. The number of unbranched alkanes of at least 4 members (excludes halogenated alkanes) is 6. The number of nitrogens with one attached hydrogen (secondary N) is 1. The number of amides is 1. The van der Waals surface area contributed by atoms with Crippen LogP contribution < -0.4 is 20.5 Å². The molecule has 1 aliphatic heterocycles. The summed E-state index contributed by atoms with van der Waals surface area (Å²) in [7, 11) is 3.18. The number of aliphatic hydroxyl groups is 2. The average Bonchev–Trinajstić information content (AvgIpc) is 3.57. The van der Waals surface area contributed by atoms with Crippen LogP contribution in [-0.4, -0.2) is 70.9 Å². The van der Waals surface area contributed by atoms with Gasteiger partial charge in [0, 0.05) is 18.4 Å². The molecular formula is C46H53N3O8. The summed E-state index contributed by atoms with van der Waals surface area (Å²) in [6, 6.07) is 34.6. The minimum Gasteiger partial charge on any atom is -0.497 e. The van der Waals surface area contributed by atoms with Crippen molar-refractivity contribution in [2.75, 3.05) is 26.1 Å². The molecule has 6 rings (SSSR count). The first-order valence-corrected chi connectivity index (χ1v) is 19.7. The third-order valence-corrected chi connectivity index (χ3v) is 10.8. The summed E-state index contributed by atoms with van der Waals surface area (Å²) < 4.78 is 25.3. The lowest BCUT2D eigenvalue weighted by molar-refractivity contribution is -0.102. The third-order valence-electron chi connectivity index (χ3n) is 10.8. The van der Waals surface area contributed by atoms with Crippen LogP contribution in [0, 0.1) is 0 Å². The lowest BCUT2D eigenvalue weighted by Crippen LogP contribution is -2.52. The number of aromatic nitrogens is 2. The first-order chi connectivity index (χ1) is 27.8. The highest BCUT2D eigenvalue weighted by molar-refractivity contribution is 6.03. The van der Waals surface area contributed by atoms with Gasteiger partial charge in [0.1, 0.15) is 41.7 Å². The van der Waals surface area contributed by atoms with Gasteiger partial charge >= 0.3 is 5.69 Å². The van der Waals surface area contributed by atoms with E-state index in [1.807, 2.05) is 78.9 Å². The van der Waals surface area contributed by atoms with Gasteiger partial charge in [-0.25, -0.2) is 4.79 Å². The van der Waals surface area contributed by atoms with Crippen molar-refractivity contribution in [2.24, 2.45) is 0 Å². The van der Waals surface area contributed by atoms with Crippen LogP contribution in [0.3, 0.4) is 0 Å². The van der Waals surface area contributed by atoms with Crippen molar-refractivity contribution in [1.29, 1.82) is 0 Å². The summed E-state index contributed by atoms with van der Waals surface area (Å²) in [5, 5.41) is 28.0. The zero-order valence-electron chi connectivity index (χ0n) is 32.8. The van der Waals surface area contributed by atoms with Gasteiger partial charge in [0.15, 0.2) is 6.23 Å². The van der Waals surface area contributed by atoms with E-state index in [2.05, 4.69) is 17.2 Å². The summed E-state index contributed by atoms with van der Waals surface area (Å²) in [6.07, 6.45) is 2.68. The molecule has 4 aromatic carbocycles. The van der Waals surface area contributed by atoms with Gasteiger partial charge in [0.2, 0.25) is 0 Å². The van der Waals surface area contributed by atoms with E-state index in [1.54, 1.807) is 44.6 Å². The highest BCUT2D eigenvalue weighted by Crippen LogP contribution is 2.47. The molecule has 1 fully saturated rings. The second-order valence-corrected chi connectivity index (χ2v) is 14.3. The lowest BCUT2D eigenvalue weighted by atomic mass is 9.64. The quantitative estimate of drug-likeness (QED) is 0.0582. The van der Waals surface area contributed by atoms with Gasteiger partial charge in [-0.3, -0.25) is 9.36 Å². The lowest BCUT2D eigenvalue weighted by Gasteiger charge is -2.43. The largest absolute Gasteiger partial charge is 0.497 e. The summed E-state index contributed by atoms with van der Waals surface area (Å²) in [6.45, 7) is 2.50. The van der Waals surface area contributed by atoms with Gasteiger partial charge in [-0.15, -0.1) is 0 Å². The third kappa shape index (κ3) is 9.29. The molecule has 1 saturated heterocycles. The van der Waals surface area contributed by atoms with Crippen molar-refractivity contribution in [1.82, 2.24) is 9.55 Å². The number of hydrogen-bond acceptors (Lipinski definition) is 9. The number of aliphatic hydroxyl groups excluding tert-OH is 2.